The molecule has 1 amide bonds. The predicted molar refractivity (Wildman–Crippen MR) is 105 cm³/mol. The number of nitrogens with one attached hydrogen (secondary N) is 1. The summed E-state index contributed by atoms with van der Waals surface area (Å²) >= 11 is 13.2. The minimum atomic E-state index is -3.44. The number of carbonyl (C=O) groups excluding carboxylic acids is 1. The first-order valence-corrected chi connectivity index (χ1v) is 11.4. The number of amides is 1. The molecule has 1 fully saturated rings. The van der Waals surface area contributed by atoms with E-state index in [1.165, 1.54) is 15.6 Å². The van der Waals surface area contributed by atoms with Gasteiger partial charge in [-0.15, -0.1) is 11.3 Å². The van der Waals surface area contributed by atoms with Crippen molar-refractivity contribution in [3.63, 3.8) is 0 Å². The van der Waals surface area contributed by atoms with E-state index >= 15 is 0 Å². The smallest absolute Gasteiger partial charge is 0.261 e. The zero-order valence-electron chi connectivity index (χ0n) is 13.8. The largest absolute Gasteiger partial charge is 0.349 e. The first-order chi connectivity index (χ1) is 12.3. The number of hydrogen-bond donors (Lipinski definition) is 1. The highest BCUT2D eigenvalue weighted by Gasteiger charge is 2.29. The number of halogens is 2. The van der Waals surface area contributed by atoms with Gasteiger partial charge in [-0.1, -0.05) is 35.3 Å². The van der Waals surface area contributed by atoms with E-state index in [-0.39, 0.29) is 17.7 Å². The van der Waals surface area contributed by atoms with Crippen LogP contribution < -0.4 is 5.32 Å². The predicted octanol–water partition coefficient (Wildman–Crippen LogP) is 3.78. The van der Waals surface area contributed by atoms with Crippen molar-refractivity contribution in [2.24, 2.45) is 0 Å². The molecule has 0 bridgehead atoms. The molecule has 1 N–H and O–H groups in total. The van der Waals surface area contributed by atoms with Crippen molar-refractivity contribution < 1.29 is 13.2 Å². The molecule has 26 heavy (non-hydrogen) atoms. The molecule has 2 aromatic rings. The zero-order chi connectivity index (χ0) is 18.7. The lowest BCUT2D eigenvalue weighted by atomic mass is 10.1. The Hall–Kier alpha value is -1.12. The van der Waals surface area contributed by atoms with Crippen molar-refractivity contribution in [1.29, 1.82) is 0 Å². The van der Waals surface area contributed by atoms with Gasteiger partial charge in [0.1, 0.15) is 0 Å². The molecule has 1 aliphatic rings. The molecule has 9 heteroatoms. The minimum absolute atomic E-state index is 0.0129. The quantitative estimate of drug-likeness (QED) is 0.781. The molecule has 0 spiro atoms. The first-order valence-electron chi connectivity index (χ1n) is 8.11. The lowest BCUT2D eigenvalue weighted by molar-refractivity contribution is 0.0928. The normalized spacial score (nSPS) is 16.5. The summed E-state index contributed by atoms with van der Waals surface area (Å²) in [7, 11) is -3.44. The molecular formula is C17H18Cl2N2O3S2. The van der Waals surface area contributed by atoms with Crippen LogP contribution in [0.25, 0.3) is 0 Å². The van der Waals surface area contributed by atoms with Crippen molar-refractivity contribution in [3.8, 4) is 0 Å². The Labute approximate surface area is 167 Å². The van der Waals surface area contributed by atoms with E-state index in [0.29, 0.717) is 46.4 Å². The van der Waals surface area contributed by atoms with Crippen molar-refractivity contribution in [1.82, 2.24) is 9.62 Å². The van der Waals surface area contributed by atoms with Crippen LogP contribution in [0.4, 0.5) is 0 Å². The Kier molecular flexibility index (Phi) is 6.25. The van der Waals surface area contributed by atoms with Crippen LogP contribution in [-0.2, 0) is 15.8 Å². The van der Waals surface area contributed by atoms with Gasteiger partial charge in [0, 0.05) is 19.1 Å². The van der Waals surface area contributed by atoms with Crippen molar-refractivity contribution >= 4 is 50.5 Å². The fraction of sp³-hybridized carbons (Fsp3) is 0.353. The van der Waals surface area contributed by atoms with Gasteiger partial charge in [0.15, 0.2) is 0 Å². The molecular weight excluding hydrogens is 415 g/mol. The summed E-state index contributed by atoms with van der Waals surface area (Å²) in [5.74, 6) is -0.215. The number of sulfonamides is 1. The lowest BCUT2D eigenvalue weighted by Gasteiger charge is -2.31. The van der Waals surface area contributed by atoms with Gasteiger partial charge in [-0.05, 0) is 42.0 Å². The number of piperidine rings is 1. The maximum atomic E-state index is 12.6. The molecule has 0 saturated carbocycles. The second kappa shape index (κ2) is 8.27. The summed E-state index contributed by atoms with van der Waals surface area (Å²) in [6.45, 7) is 0.776. The average molecular weight is 433 g/mol. The minimum Gasteiger partial charge on any atom is -0.349 e. The Morgan fingerprint density at radius 2 is 1.92 bits per heavy atom. The molecule has 140 valence electrons. The molecule has 2 heterocycles. The van der Waals surface area contributed by atoms with Crippen LogP contribution in [0, 0.1) is 0 Å². The molecule has 0 atom stereocenters. The number of rotatable bonds is 5. The Morgan fingerprint density at radius 3 is 2.54 bits per heavy atom. The van der Waals surface area contributed by atoms with Crippen LogP contribution in [0.15, 0.2) is 35.7 Å². The van der Waals surface area contributed by atoms with Crippen molar-refractivity contribution in [2.45, 2.75) is 24.6 Å². The maximum Gasteiger partial charge on any atom is 0.261 e. The van der Waals surface area contributed by atoms with Crippen molar-refractivity contribution in [3.05, 3.63) is 56.2 Å². The van der Waals surface area contributed by atoms with Gasteiger partial charge in [-0.2, -0.15) is 0 Å². The Balaban J connectivity index is 1.56. The van der Waals surface area contributed by atoms with E-state index < -0.39 is 10.0 Å². The summed E-state index contributed by atoms with van der Waals surface area (Å²) in [5.41, 5.74) is 0.604. The van der Waals surface area contributed by atoms with Gasteiger partial charge in [-0.25, -0.2) is 12.7 Å². The number of benzene rings is 1. The zero-order valence-corrected chi connectivity index (χ0v) is 17.0. The van der Waals surface area contributed by atoms with Gasteiger partial charge in [-0.3, -0.25) is 4.79 Å². The number of carbonyl (C=O) groups is 1. The molecule has 5 nitrogen and oxygen atoms in total. The lowest BCUT2D eigenvalue weighted by Crippen LogP contribution is -2.46. The Morgan fingerprint density at radius 1 is 1.19 bits per heavy atom. The third-order valence-corrected chi connectivity index (χ3v) is 7.72. The monoisotopic (exact) mass is 432 g/mol. The highest BCUT2D eigenvalue weighted by Crippen LogP contribution is 2.25. The van der Waals surface area contributed by atoms with Gasteiger partial charge < -0.3 is 5.32 Å². The molecule has 1 saturated heterocycles. The first kappa shape index (κ1) is 19.6. The van der Waals surface area contributed by atoms with E-state index in [4.69, 9.17) is 23.2 Å². The molecule has 1 aromatic heterocycles. The van der Waals surface area contributed by atoms with E-state index in [9.17, 15) is 13.2 Å². The standard InChI is InChI=1S/C17H18Cl2N2O3S2/c18-14-4-3-12(10-15(14)19)11-26(23,24)21-7-5-13(6-8-21)20-17(22)16-2-1-9-25-16/h1-4,9-10,13H,5-8,11H2,(H,20,22). The van der Waals surface area contributed by atoms with E-state index in [1.54, 1.807) is 24.3 Å². The second-order valence-electron chi connectivity index (χ2n) is 6.13. The van der Waals surface area contributed by atoms with Gasteiger partial charge in [0.2, 0.25) is 10.0 Å². The van der Waals surface area contributed by atoms with E-state index in [0.717, 1.165) is 0 Å². The molecule has 0 radical (unpaired) electrons. The van der Waals surface area contributed by atoms with Crippen LogP contribution in [0.3, 0.4) is 0 Å². The SMILES string of the molecule is O=C(NC1CCN(S(=O)(=O)Cc2ccc(Cl)c(Cl)c2)CC1)c1cccs1. The van der Waals surface area contributed by atoms with Gasteiger partial charge in [0.05, 0.1) is 20.7 Å². The summed E-state index contributed by atoms with van der Waals surface area (Å²) in [6.07, 6.45) is 1.19. The second-order valence-corrected chi connectivity index (χ2v) is 9.86. The molecule has 3 rings (SSSR count). The summed E-state index contributed by atoms with van der Waals surface area (Å²) in [5, 5.41) is 5.57. The third-order valence-electron chi connectivity index (χ3n) is 4.26. The fourth-order valence-corrected chi connectivity index (χ4v) is 5.37. The van der Waals surface area contributed by atoms with Crippen LogP contribution in [0.5, 0.6) is 0 Å². The maximum absolute atomic E-state index is 12.6. The molecule has 1 aliphatic heterocycles. The van der Waals surface area contributed by atoms with Crippen LogP contribution >= 0.6 is 34.5 Å². The van der Waals surface area contributed by atoms with Crippen molar-refractivity contribution in [2.75, 3.05) is 13.1 Å². The summed E-state index contributed by atoms with van der Waals surface area (Å²) in [4.78, 5) is 12.8. The summed E-state index contributed by atoms with van der Waals surface area (Å²) < 4.78 is 26.7. The third kappa shape index (κ3) is 4.78. The number of hydrogen-bond acceptors (Lipinski definition) is 4. The number of thiophene rings is 1. The fourth-order valence-electron chi connectivity index (χ4n) is 2.87. The molecule has 0 aliphatic carbocycles. The van der Waals surface area contributed by atoms with E-state index in [2.05, 4.69) is 5.32 Å². The van der Waals surface area contributed by atoms with Crippen LogP contribution in [-0.4, -0.2) is 37.8 Å². The topological polar surface area (TPSA) is 66.5 Å². The average Bonchev–Trinajstić information content (AvgIpc) is 3.13. The highest BCUT2D eigenvalue weighted by atomic mass is 35.5. The molecule has 0 unspecified atom stereocenters. The molecule has 1 aromatic carbocycles. The van der Waals surface area contributed by atoms with Gasteiger partial charge >= 0.3 is 0 Å². The van der Waals surface area contributed by atoms with Gasteiger partial charge in [0.25, 0.3) is 5.91 Å². The summed E-state index contributed by atoms with van der Waals surface area (Å²) in [6, 6.07) is 8.44. The number of nitrogens with zero attached hydrogens (tertiary/aromatic N) is 1. The Bertz CT molecular complexity index is 877. The van der Waals surface area contributed by atoms with Crippen LogP contribution in [0.2, 0.25) is 10.0 Å². The van der Waals surface area contributed by atoms with E-state index in [1.807, 2.05) is 11.4 Å². The highest BCUT2D eigenvalue weighted by molar-refractivity contribution is 7.88. The van der Waals surface area contributed by atoms with Crippen LogP contribution in [0.1, 0.15) is 28.1 Å².